The molecule has 0 aromatic carbocycles. The molecule has 2 rings (SSSR count). The maximum atomic E-state index is 5.23. The van der Waals surface area contributed by atoms with Crippen LogP contribution in [0.1, 0.15) is 32.6 Å². The Morgan fingerprint density at radius 3 is 3.00 bits per heavy atom. The van der Waals surface area contributed by atoms with Crippen LogP contribution in [0.4, 0.5) is 0 Å². The predicted octanol–water partition coefficient (Wildman–Crippen LogP) is 1.18. The molecular weight excluding hydrogens is 232 g/mol. The number of rotatable bonds is 7. The fourth-order valence-electron chi connectivity index (χ4n) is 1.88. The van der Waals surface area contributed by atoms with Gasteiger partial charge in [0.15, 0.2) is 5.69 Å². The minimum absolute atomic E-state index is 0.380. The van der Waals surface area contributed by atoms with E-state index in [-0.39, 0.29) is 0 Å². The van der Waals surface area contributed by atoms with Crippen molar-refractivity contribution in [1.82, 2.24) is 30.9 Å². The first-order valence-corrected chi connectivity index (χ1v) is 6.25. The minimum Gasteiger partial charge on any atom is -0.339 e. The Balaban J connectivity index is 2.01. The zero-order valence-electron chi connectivity index (χ0n) is 10.7. The number of aromatic nitrogens is 5. The first-order valence-electron chi connectivity index (χ1n) is 6.25. The SMILES string of the molecule is CCCC(Cc1nc(-c2cn[nH]n2)no1)NCC. The van der Waals surface area contributed by atoms with Crippen molar-refractivity contribution < 1.29 is 4.52 Å². The van der Waals surface area contributed by atoms with Crippen LogP contribution >= 0.6 is 0 Å². The lowest BCUT2D eigenvalue weighted by Gasteiger charge is -2.14. The van der Waals surface area contributed by atoms with Gasteiger partial charge in [-0.05, 0) is 13.0 Å². The Hall–Kier alpha value is -1.76. The average molecular weight is 250 g/mol. The van der Waals surface area contributed by atoms with Crippen LogP contribution in [-0.2, 0) is 6.42 Å². The Kier molecular flexibility index (Phi) is 4.40. The second-order valence-electron chi connectivity index (χ2n) is 4.11. The van der Waals surface area contributed by atoms with Gasteiger partial charge in [-0.2, -0.15) is 20.4 Å². The summed E-state index contributed by atoms with van der Waals surface area (Å²) < 4.78 is 5.23. The molecule has 0 radical (unpaired) electrons. The van der Waals surface area contributed by atoms with Crippen molar-refractivity contribution >= 4 is 0 Å². The van der Waals surface area contributed by atoms with E-state index in [1.165, 1.54) is 0 Å². The van der Waals surface area contributed by atoms with Gasteiger partial charge in [-0.25, -0.2) is 0 Å². The maximum Gasteiger partial charge on any atom is 0.228 e. The van der Waals surface area contributed by atoms with E-state index >= 15 is 0 Å². The van der Waals surface area contributed by atoms with E-state index in [4.69, 9.17) is 4.52 Å². The third-order valence-corrected chi connectivity index (χ3v) is 2.66. The summed E-state index contributed by atoms with van der Waals surface area (Å²) in [5, 5.41) is 17.5. The maximum absolute atomic E-state index is 5.23. The molecule has 7 nitrogen and oxygen atoms in total. The molecular formula is C11H18N6O. The van der Waals surface area contributed by atoms with Gasteiger partial charge in [0.05, 0.1) is 6.20 Å². The largest absolute Gasteiger partial charge is 0.339 e. The van der Waals surface area contributed by atoms with Gasteiger partial charge >= 0.3 is 0 Å². The van der Waals surface area contributed by atoms with Crippen molar-refractivity contribution in [2.45, 2.75) is 39.2 Å². The number of aromatic amines is 1. The molecule has 0 spiro atoms. The number of hydrogen-bond donors (Lipinski definition) is 2. The van der Waals surface area contributed by atoms with Gasteiger partial charge in [-0.1, -0.05) is 25.4 Å². The summed E-state index contributed by atoms with van der Waals surface area (Å²) >= 11 is 0. The van der Waals surface area contributed by atoms with Gasteiger partial charge in [0.1, 0.15) is 0 Å². The molecule has 0 aliphatic heterocycles. The molecule has 0 aliphatic carbocycles. The van der Waals surface area contributed by atoms with Crippen molar-refractivity contribution in [1.29, 1.82) is 0 Å². The number of nitrogens with zero attached hydrogens (tertiary/aromatic N) is 4. The molecule has 98 valence electrons. The highest BCUT2D eigenvalue weighted by molar-refractivity contribution is 5.44. The fourth-order valence-corrected chi connectivity index (χ4v) is 1.88. The van der Waals surface area contributed by atoms with Gasteiger partial charge in [0, 0.05) is 12.5 Å². The molecule has 0 fully saturated rings. The van der Waals surface area contributed by atoms with E-state index < -0.39 is 0 Å². The van der Waals surface area contributed by atoms with Crippen LogP contribution in [0.2, 0.25) is 0 Å². The topological polar surface area (TPSA) is 92.5 Å². The third kappa shape index (κ3) is 3.13. The van der Waals surface area contributed by atoms with E-state index in [1.807, 2.05) is 0 Å². The van der Waals surface area contributed by atoms with Gasteiger partial charge in [0.25, 0.3) is 0 Å². The van der Waals surface area contributed by atoms with Gasteiger partial charge in [-0.3, -0.25) is 0 Å². The summed E-state index contributed by atoms with van der Waals surface area (Å²) in [6, 6.07) is 0.380. The minimum atomic E-state index is 0.380. The predicted molar refractivity (Wildman–Crippen MR) is 65.8 cm³/mol. The molecule has 2 N–H and O–H groups in total. The Morgan fingerprint density at radius 1 is 1.44 bits per heavy atom. The molecule has 0 saturated carbocycles. The number of H-pyrrole nitrogens is 1. The summed E-state index contributed by atoms with van der Waals surface area (Å²) in [5.41, 5.74) is 0.598. The van der Waals surface area contributed by atoms with Crippen LogP contribution in [0.15, 0.2) is 10.7 Å². The smallest absolute Gasteiger partial charge is 0.228 e. The lowest BCUT2D eigenvalue weighted by Crippen LogP contribution is -2.30. The van der Waals surface area contributed by atoms with Crippen molar-refractivity contribution in [2.75, 3.05) is 6.54 Å². The van der Waals surface area contributed by atoms with Crippen molar-refractivity contribution in [3.8, 4) is 11.5 Å². The highest BCUT2D eigenvalue weighted by Crippen LogP contribution is 2.12. The monoisotopic (exact) mass is 250 g/mol. The van der Waals surface area contributed by atoms with Gasteiger partial charge in [-0.15, -0.1) is 0 Å². The van der Waals surface area contributed by atoms with Crippen LogP contribution in [0.5, 0.6) is 0 Å². The Morgan fingerprint density at radius 2 is 2.33 bits per heavy atom. The second kappa shape index (κ2) is 6.25. The van der Waals surface area contributed by atoms with Gasteiger partial charge < -0.3 is 9.84 Å². The average Bonchev–Trinajstić information content (AvgIpc) is 2.98. The molecule has 0 bridgehead atoms. The molecule has 0 amide bonds. The van der Waals surface area contributed by atoms with E-state index in [2.05, 4.69) is 44.7 Å². The molecule has 2 heterocycles. The van der Waals surface area contributed by atoms with Crippen LogP contribution in [0, 0.1) is 0 Å². The standard InChI is InChI=1S/C11H18N6O/c1-3-5-8(12-4-2)6-10-14-11(16-18-10)9-7-13-17-15-9/h7-8,12H,3-6H2,1-2H3,(H,13,15,17). The zero-order chi connectivity index (χ0) is 12.8. The number of hydrogen-bond acceptors (Lipinski definition) is 6. The summed E-state index contributed by atoms with van der Waals surface area (Å²) in [6.07, 6.45) is 4.53. The van der Waals surface area contributed by atoms with Crippen molar-refractivity contribution in [2.24, 2.45) is 0 Å². The third-order valence-electron chi connectivity index (χ3n) is 2.66. The van der Waals surface area contributed by atoms with Crippen LogP contribution in [-0.4, -0.2) is 38.1 Å². The molecule has 1 atom stereocenters. The highest BCUT2D eigenvalue weighted by Gasteiger charge is 2.15. The number of nitrogens with one attached hydrogen (secondary N) is 2. The van der Waals surface area contributed by atoms with Crippen molar-refractivity contribution in [3.63, 3.8) is 0 Å². The van der Waals surface area contributed by atoms with Crippen molar-refractivity contribution in [3.05, 3.63) is 12.1 Å². The van der Waals surface area contributed by atoms with Crippen LogP contribution < -0.4 is 5.32 Å². The number of likely N-dealkylation sites (N-methyl/N-ethyl adjacent to an activating group) is 1. The Bertz CT molecular complexity index is 446. The van der Waals surface area contributed by atoms with Gasteiger partial charge in [0.2, 0.25) is 11.7 Å². The zero-order valence-corrected chi connectivity index (χ0v) is 10.7. The second-order valence-corrected chi connectivity index (χ2v) is 4.11. The highest BCUT2D eigenvalue weighted by atomic mass is 16.5. The first kappa shape index (κ1) is 12.7. The summed E-state index contributed by atoms with van der Waals surface area (Å²) in [4.78, 5) is 4.32. The summed E-state index contributed by atoms with van der Waals surface area (Å²) in [7, 11) is 0. The van der Waals surface area contributed by atoms with Crippen LogP contribution in [0.25, 0.3) is 11.5 Å². The molecule has 18 heavy (non-hydrogen) atoms. The van der Waals surface area contributed by atoms with E-state index in [0.717, 1.165) is 25.8 Å². The molecule has 1 unspecified atom stereocenters. The molecule has 0 saturated heterocycles. The van der Waals surface area contributed by atoms with E-state index in [0.29, 0.717) is 23.5 Å². The Labute approximate surface area is 105 Å². The van der Waals surface area contributed by atoms with E-state index in [9.17, 15) is 0 Å². The van der Waals surface area contributed by atoms with Crippen LogP contribution in [0.3, 0.4) is 0 Å². The molecule has 2 aromatic rings. The molecule has 0 aliphatic rings. The lowest BCUT2D eigenvalue weighted by molar-refractivity contribution is 0.352. The summed E-state index contributed by atoms with van der Waals surface area (Å²) in [5.74, 6) is 1.11. The fraction of sp³-hybridized carbons (Fsp3) is 0.636. The molecule has 7 heteroatoms. The molecule has 2 aromatic heterocycles. The normalized spacial score (nSPS) is 12.8. The first-order chi connectivity index (χ1) is 8.83. The quantitative estimate of drug-likeness (QED) is 0.766. The summed E-state index contributed by atoms with van der Waals surface area (Å²) in [6.45, 7) is 5.20. The lowest BCUT2D eigenvalue weighted by atomic mass is 10.1. The van der Waals surface area contributed by atoms with E-state index in [1.54, 1.807) is 6.20 Å².